The van der Waals surface area contributed by atoms with Gasteiger partial charge in [0.2, 0.25) is 5.91 Å². The number of H-pyrrole nitrogens is 1. The molecule has 5 rings (SSSR count). The first-order valence-corrected chi connectivity index (χ1v) is 11.0. The normalized spacial score (nSPS) is 21.2. The van der Waals surface area contributed by atoms with E-state index in [1.54, 1.807) is 6.33 Å². The Kier molecular flexibility index (Phi) is 4.96. The Hall–Kier alpha value is -3.22. The van der Waals surface area contributed by atoms with E-state index in [2.05, 4.69) is 52.6 Å². The molecule has 7 heteroatoms. The number of rotatable bonds is 3. The number of piperazine rings is 1. The first-order valence-electron chi connectivity index (χ1n) is 11.0. The Morgan fingerprint density at radius 2 is 2.00 bits per heavy atom. The van der Waals surface area contributed by atoms with E-state index >= 15 is 0 Å². The predicted octanol–water partition coefficient (Wildman–Crippen LogP) is 3.01. The highest BCUT2D eigenvalue weighted by Gasteiger charge is 2.33. The zero-order valence-electron chi connectivity index (χ0n) is 18.1. The molecule has 3 aromatic rings. The maximum absolute atomic E-state index is 11.9. The van der Waals surface area contributed by atoms with E-state index in [1.807, 2.05) is 11.1 Å². The van der Waals surface area contributed by atoms with Crippen molar-refractivity contribution in [1.82, 2.24) is 25.1 Å². The highest BCUT2D eigenvalue weighted by molar-refractivity contribution is 5.87. The summed E-state index contributed by atoms with van der Waals surface area (Å²) in [4.78, 5) is 25.4. The van der Waals surface area contributed by atoms with Crippen LogP contribution >= 0.6 is 0 Å². The molecule has 1 N–H and O–H groups in total. The quantitative estimate of drug-likeness (QED) is 0.664. The molecule has 31 heavy (non-hydrogen) atoms. The number of carbonyl (C=O) groups excluding carboxylic acids is 1. The summed E-state index contributed by atoms with van der Waals surface area (Å²) in [5.74, 6) is 1.92. The number of fused-ring (bicyclic) bond motifs is 2. The van der Waals surface area contributed by atoms with Crippen LogP contribution in [0.1, 0.15) is 35.2 Å². The van der Waals surface area contributed by atoms with Gasteiger partial charge in [-0.1, -0.05) is 19.6 Å². The summed E-state index contributed by atoms with van der Waals surface area (Å²) in [6.45, 7) is 11.1. The SMILES string of the molecule is C=CC(=O)N1CCN(c2ncnc3c2C[C@@H](C)[C@H](c2c(C)ccc4[nH]ncc24)C3)CC1. The minimum absolute atomic E-state index is 0.00428. The van der Waals surface area contributed by atoms with E-state index in [9.17, 15) is 4.79 Å². The molecule has 0 unspecified atom stereocenters. The summed E-state index contributed by atoms with van der Waals surface area (Å²) in [6, 6.07) is 4.30. The lowest BCUT2D eigenvalue weighted by molar-refractivity contribution is -0.126. The van der Waals surface area contributed by atoms with Crippen molar-refractivity contribution in [3.63, 3.8) is 0 Å². The van der Waals surface area contributed by atoms with Crippen LogP contribution in [-0.4, -0.2) is 57.2 Å². The van der Waals surface area contributed by atoms with E-state index in [0.29, 0.717) is 24.9 Å². The van der Waals surface area contributed by atoms with Gasteiger partial charge < -0.3 is 9.80 Å². The van der Waals surface area contributed by atoms with Gasteiger partial charge in [0.25, 0.3) is 0 Å². The van der Waals surface area contributed by atoms with Crippen LogP contribution in [-0.2, 0) is 17.6 Å². The minimum atomic E-state index is 0.00428. The maximum atomic E-state index is 11.9. The molecule has 7 nitrogen and oxygen atoms in total. The van der Waals surface area contributed by atoms with Gasteiger partial charge in [-0.15, -0.1) is 0 Å². The number of nitrogens with one attached hydrogen (secondary N) is 1. The Labute approximate surface area is 182 Å². The highest BCUT2D eigenvalue weighted by Crippen LogP contribution is 2.42. The molecule has 0 bridgehead atoms. The molecule has 1 aromatic carbocycles. The largest absolute Gasteiger partial charge is 0.353 e. The number of carbonyl (C=O) groups is 1. The van der Waals surface area contributed by atoms with Crippen molar-refractivity contribution in [3.8, 4) is 0 Å². The van der Waals surface area contributed by atoms with E-state index in [0.717, 1.165) is 43.0 Å². The topological polar surface area (TPSA) is 78.0 Å². The van der Waals surface area contributed by atoms with Gasteiger partial charge in [-0.2, -0.15) is 5.10 Å². The molecule has 160 valence electrons. The number of aryl methyl sites for hydroxylation is 1. The van der Waals surface area contributed by atoms with Crippen molar-refractivity contribution in [2.45, 2.75) is 32.6 Å². The van der Waals surface area contributed by atoms with Crippen molar-refractivity contribution in [2.24, 2.45) is 5.92 Å². The molecule has 1 saturated heterocycles. The summed E-state index contributed by atoms with van der Waals surface area (Å²) < 4.78 is 0. The second kappa shape index (κ2) is 7.80. The molecule has 1 fully saturated rings. The molecular weight excluding hydrogens is 388 g/mol. The van der Waals surface area contributed by atoms with Crippen LogP contribution in [0.15, 0.2) is 37.3 Å². The van der Waals surface area contributed by atoms with E-state index in [1.165, 1.54) is 28.2 Å². The van der Waals surface area contributed by atoms with Crippen LogP contribution in [0.3, 0.4) is 0 Å². The molecule has 1 amide bonds. The number of amides is 1. The third-order valence-electron chi connectivity index (χ3n) is 6.96. The zero-order valence-corrected chi connectivity index (χ0v) is 18.1. The Bertz CT molecular complexity index is 1140. The average molecular weight is 417 g/mol. The monoisotopic (exact) mass is 416 g/mol. The van der Waals surface area contributed by atoms with Crippen molar-refractivity contribution < 1.29 is 4.79 Å². The lowest BCUT2D eigenvalue weighted by Gasteiger charge is -2.38. The molecule has 0 radical (unpaired) electrons. The molecule has 3 heterocycles. The van der Waals surface area contributed by atoms with Crippen LogP contribution in [0.2, 0.25) is 0 Å². The second-order valence-corrected chi connectivity index (χ2v) is 8.76. The Morgan fingerprint density at radius 1 is 1.19 bits per heavy atom. The van der Waals surface area contributed by atoms with Crippen LogP contribution < -0.4 is 4.90 Å². The van der Waals surface area contributed by atoms with Gasteiger partial charge in [0.1, 0.15) is 12.1 Å². The Morgan fingerprint density at radius 3 is 2.77 bits per heavy atom. The summed E-state index contributed by atoms with van der Waals surface area (Å²) in [5.41, 5.74) is 6.21. The van der Waals surface area contributed by atoms with Crippen LogP contribution in [0.4, 0.5) is 5.82 Å². The molecule has 2 aliphatic rings. The minimum Gasteiger partial charge on any atom is -0.353 e. The number of aromatic amines is 1. The maximum Gasteiger partial charge on any atom is 0.246 e. The third kappa shape index (κ3) is 3.38. The smallest absolute Gasteiger partial charge is 0.246 e. The number of anilines is 1. The fraction of sp³-hybridized carbons (Fsp3) is 0.417. The van der Waals surface area contributed by atoms with E-state index in [-0.39, 0.29) is 5.91 Å². The van der Waals surface area contributed by atoms with Gasteiger partial charge in [-0.05, 0) is 54.9 Å². The average Bonchev–Trinajstić information content (AvgIpc) is 3.27. The molecule has 1 aliphatic heterocycles. The zero-order chi connectivity index (χ0) is 21.5. The van der Waals surface area contributed by atoms with Crippen LogP contribution in [0.5, 0.6) is 0 Å². The summed E-state index contributed by atoms with van der Waals surface area (Å²) in [6.07, 6.45) is 6.91. The van der Waals surface area contributed by atoms with Gasteiger partial charge in [0.15, 0.2) is 0 Å². The Balaban J connectivity index is 1.44. The first kappa shape index (κ1) is 19.7. The van der Waals surface area contributed by atoms with Gasteiger partial charge in [0, 0.05) is 42.8 Å². The highest BCUT2D eigenvalue weighted by atomic mass is 16.2. The van der Waals surface area contributed by atoms with E-state index in [4.69, 9.17) is 4.98 Å². The number of hydrogen-bond acceptors (Lipinski definition) is 5. The summed E-state index contributed by atoms with van der Waals surface area (Å²) in [7, 11) is 0. The third-order valence-corrected chi connectivity index (χ3v) is 6.96. The molecular formula is C24H28N6O. The molecule has 1 aliphatic carbocycles. The lowest BCUT2D eigenvalue weighted by Crippen LogP contribution is -2.49. The predicted molar refractivity (Wildman–Crippen MR) is 121 cm³/mol. The molecule has 0 spiro atoms. The van der Waals surface area contributed by atoms with Crippen molar-refractivity contribution >= 4 is 22.6 Å². The van der Waals surface area contributed by atoms with Crippen molar-refractivity contribution in [1.29, 1.82) is 0 Å². The summed E-state index contributed by atoms with van der Waals surface area (Å²) in [5, 5.41) is 8.61. The van der Waals surface area contributed by atoms with E-state index < -0.39 is 0 Å². The van der Waals surface area contributed by atoms with Gasteiger partial charge >= 0.3 is 0 Å². The second-order valence-electron chi connectivity index (χ2n) is 8.76. The van der Waals surface area contributed by atoms with Crippen molar-refractivity contribution in [2.75, 3.05) is 31.1 Å². The fourth-order valence-electron chi connectivity index (χ4n) is 5.26. The molecule has 0 saturated carbocycles. The number of nitrogens with zero attached hydrogens (tertiary/aromatic N) is 5. The number of aromatic nitrogens is 4. The lowest BCUT2D eigenvalue weighted by atomic mass is 9.73. The molecule has 2 atom stereocenters. The van der Waals surface area contributed by atoms with Crippen LogP contribution in [0.25, 0.3) is 10.9 Å². The standard InChI is InChI=1S/C24H28N6O/c1-4-22(31)29-7-9-30(10-8-29)24-18-11-16(3)17(12-21(18)25-14-26-24)23-15(2)5-6-20-19(23)13-27-28-20/h4-6,13-14,16-17H,1,7-12H2,2-3H3,(H,27,28)/t16-,17-/m1/s1. The fourth-order valence-corrected chi connectivity index (χ4v) is 5.26. The van der Waals surface area contributed by atoms with Gasteiger partial charge in [-0.3, -0.25) is 9.89 Å². The van der Waals surface area contributed by atoms with Crippen molar-refractivity contribution in [3.05, 3.63) is 59.7 Å². The summed E-state index contributed by atoms with van der Waals surface area (Å²) >= 11 is 0. The van der Waals surface area contributed by atoms with Crippen LogP contribution in [0, 0.1) is 12.8 Å². The first-order chi connectivity index (χ1) is 15.1. The van der Waals surface area contributed by atoms with Gasteiger partial charge in [-0.25, -0.2) is 9.97 Å². The van der Waals surface area contributed by atoms with Gasteiger partial charge in [0.05, 0.1) is 11.7 Å². The number of benzene rings is 1. The number of hydrogen-bond donors (Lipinski definition) is 1. The molecule has 2 aromatic heterocycles.